The molecule has 0 spiro atoms. The molecule has 2 fully saturated rings. The Kier molecular flexibility index (Phi) is 4.66. The minimum Gasteiger partial charge on any atom is -0.319 e. The maximum atomic E-state index is 3.45. The molecule has 1 aliphatic carbocycles. The zero-order valence-electron chi connectivity index (χ0n) is 13.9. The van der Waals surface area contributed by atoms with Gasteiger partial charge in [-0.2, -0.15) is 0 Å². The van der Waals surface area contributed by atoms with Crippen LogP contribution in [-0.2, 0) is 0 Å². The first-order valence-electron chi connectivity index (χ1n) is 8.68. The standard InChI is InChI=1S/C19H30N2/c1-14-7-8-15(2)18(12-14)19-16(13-20-3)6-4-5-11-21(19)17-9-10-17/h7-8,12,16-17,19-20H,4-6,9-11,13H2,1-3H3. The Morgan fingerprint density at radius 3 is 2.67 bits per heavy atom. The molecule has 2 nitrogen and oxygen atoms in total. The number of hydrogen-bond donors (Lipinski definition) is 1. The van der Waals surface area contributed by atoms with Gasteiger partial charge in [-0.25, -0.2) is 0 Å². The van der Waals surface area contributed by atoms with Gasteiger partial charge in [0.2, 0.25) is 0 Å². The predicted octanol–water partition coefficient (Wildman–Crippen LogP) is 3.83. The molecule has 1 aromatic rings. The third kappa shape index (κ3) is 3.32. The van der Waals surface area contributed by atoms with E-state index in [2.05, 4.69) is 49.3 Å². The molecule has 0 aromatic heterocycles. The van der Waals surface area contributed by atoms with Gasteiger partial charge in [0, 0.05) is 12.1 Å². The fraction of sp³-hybridized carbons (Fsp3) is 0.684. The van der Waals surface area contributed by atoms with Crippen LogP contribution in [0.3, 0.4) is 0 Å². The van der Waals surface area contributed by atoms with E-state index in [1.807, 2.05) is 0 Å². The summed E-state index contributed by atoms with van der Waals surface area (Å²) in [6.45, 7) is 6.96. The number of nitrogens with zero attached hydrogens (tertiary/aromatic N) is 1. The zero-order chi connectivity index (χ0) is 14.8. The van der Waals surface area contributed by atoms with Crippen LogP contribution < -0.4 is 5.32 Å². The largest absolute Gasteiger partial charge is 0.319 e. The van der Waals surface area contributed by atoms with Gasteiger partial charge in [0.05, 0.1) is 0 Å². The van der Waals surface area contributed by atoms with Gasteiger partial charge in [-0.3, -0.25) is 4.90 Å². The van der Waals surface area contributed by atoms with E-state index in [9.17, 15) is 0 Å². The highest BCUT2D eigenvalue weighted by molar-refractivity contribution is 5.34. The van der Waals surface area contributed by atoms with E-state index in [4.69, 9.17) is 0 Å². The topological polar surface area (TPSA) is 15.3 Å². The van der Waals surface area contributed by atoms with Crippen molar-refractivity contribution in [3.63, 3.8) is 0 Å². The third-order valence-corrected chi connectivity index (χ3v) is 5.28. The van der Waals surface area contributed by atoms with Crippen LogP contribution in [-0.4, -0.2) is 31.1 Å². The fourth-order valence-electron chi connectivity index (χ4n) is 4.07. The van der Waals surface area contributed by atoms with Crippen LogP contribution in [0.15, 0.2) is 18.2 Å². The number of nitrogens with one attached hydrogen (secondary N) is 1. The smallest absolute Gasteiger partial charge is 0.0394 e. The second kappa shape index (κ2) is 6.50. The van der Waals surface area contributed by atoms with Crippen LogP contribution in [0.25, 0.3) is 0 Å². The highest BCUT2D eigenvalue weighted by Crippen LogP contribution is 2.42. The number of benzene rings is 1. The van der Waals surface area contributed by atoms with Crippen molar-refractivity contribution < 1.29 is 0 Å². The van der Waals surface area contributed by atoms with Crippen molar-refractivity contribution in [2.75, 3.05) is 20.1 Å². The summed E-state index contributed by atoms with van der Waals surface area (Å²) in [5.41, 5.74) is 4.46. The van der Waals surface area contributed by atoms with Crippen molar-refractivity contribution >= 4 is 0 Å². The summed E-state index contributed by atoms with van der Waals surface area (Å²) in [5.74, 6) is 0.749. The van der Waals surface area contributed by atoms with E-state index in [0.29, 0.717) is 6.04 Å². The Morgan fingerprint density at radius 2 is 1.95 bits per heavy atom. The molecule has 116 valence electrons. The summed E-state index contributed by atoms with van der Waals surface area (Å²) in [5, 5.41) is 3.45. The number of hydrogen-bond acceptors (Lipinski definition) is 2. The average molecular weight is 286 g/mol. The average Bonchev–Trinajstić information content (AvgIpc) is 3.28. The summed E-state index contributed by atoms with van der Waals surface area (Å²) in [7, 11) is 2.10. The number of rotatable bonds is 4. The number of aryl methyl sites for hydroxylation is 2. The van der Waals surface area contributed by atoms with Crippen LogP contribution in [0, 0.1) is 19.8 Å². The summed E-state index contributed by atoms with van der Waals surface area (Å²) >= 11 is 0. The molecule has 1 heterocycles. The van der Waals surface area contributed by atoms with Gasteiger partial charge < -0.3 is 5.32 Å². The summed E-state index contributed by atoms with van der Waals surface area (Å²) < 4.78 is 0. The molecule has 0 amide bonds. The Balaban J connectivity index is 1.98. The van der Waals surface area contributed by atoms with Crippen molar-refractivity contribution in [2.24, 2.45) is 5.92 Å². The predicted molar refractivity (Wildman–Crippen MR) is 89.7 cm³/mol. The Morgan fingerprint density at radius 1 is 1.14 bits per heavy atom. The van der Waals surface area contributed by atoms with Gasteiger partial charge in [-0.05, 0) is 76.7 Å². The second-order valence-electron chi connectivity index (χ2n) is 7.09. The molecule has 1 saturated carbocycles. The molecule has 1 aromatic carbocycles. The summed E-state index contributed by atoms with van der Waals surface area (Å²) in [6, 6.07) is 8.49. The number of likely N-dealkylation sites (tertiary alicyclic amines) is 1. The zero-order valence-corrected chi connectivity index (χ0v) is 13.9. The normalized spacial score (nSPS) is 27.6. The van der Waals surface area contributed by atoms with Gasteiger partial charge >= 0.3 is 0 Å². The molecule has 1 aliphatic heterocycles. The van der Waals surface area contributed by atoms with E-state index in [1.54, 1.807) is 5.56 Å². The van der Waals surface area contributed by atoms with Gasteiger partial charge in [-0.15, -0.1) is 0 Å². The molecule has 2 aliphatic rings. The molecule has 0 radical (unpaired) electrons. The highest BCUT2D eigenvalue weighted by Gasteiger charge is 2.39. The van der Waals surface area contributed by atoms with E-state index < -0.39 is 0 Å². The van der Waals surface area contributed by atoms with E-state index in [-0.39, 0.29) is 0 Å². The van der Waals surface area contributed by atoms with Crippen molar-refractivity contribution in [3.8, 4) is 0 Å². The maximum Gasteiger partial charge on any atom is 0.0394 e. The fourth-order valence-corrected chi connectivity index (χ4v) is 4.07. The highest BCUT2D eigenvalue weighted by atomic mass is 15.2. The van der Waals surface area contributed by atoms with Crippen LogP contribution in [0.4, 0.5) is 0 Å². The maximum absolute atomic E-state index is 3.45. The lowest BCUT2D eigenvalue weighted by Crippen LogP contribution is -2.38. The second-order valence-corrected chi connectivity index (χ2v) is 7.09. The van der Waals surface area contributed by atoms with Crippen molar-refractivity contribution in [3.05, 3.63) is 34.9 Å². The van der Waals surface area contributed by atoms with Gasteiger partial charge in [-0.1, -0.05) is 30.2 Å². The van der Waals surface area contributed by atoms with Crippen LogP contribution >= 0.6 is 0 Å². The lowest BCUT2D eigenvalue weighted by molar-refractivity contribution is 0.145. The molecular weight excluding hydrogens is 256 g/mol. The van der Waals surface area contributed by atoms with Gasteiger partial charge in [0.1, 0.15) is 0 Å². The lowest BCUT2D eigenvalue weighted by Gasteiger charge is -2.37. The summed E-state index contributed by atoms with van der Waals surface area (Å²) in [6.07, 6.45) is 6.94. The van der Waals surface area contributed by atoms with E-state index >= 15 is 0 Å². The SMILES string of the molecule is CNCC1CCCCN(C2CC2)C1c1cc(C)ccc1C. The summed E-state index contributed by atoms with van der Waals surface area (Å²) in [4.78, 5) is 2.84. The molecule has 2 heteroatoms. The Hall–Kier alpha value is -0.860. The van der Waals surface area contributed by atoms with Gasteiger partial charge in [0.15, 0.2) is 0 Å². The molecule has 2 atom stereocenters. The van der Waals surface area contributed by atoms with Crippen LogP contribution in [0.2, 0.25) is 0 Å². The lowest BCUT2D eigenvalue weighted by atomic mass is 9.86. The van der Waals surface area contributed by atoms with Crippen molar-refractivity contribution in [2.45, 2.75) is 58.0 Å². The van der Waals surface area contributed by atoms with Crippen molar-refractivity contribution in [1.82, 2.24) is 10.2 Å². The molecule has 0 bridgehead atoms. The van der Waals surface area contributed by atoms with E-state index in [0.717, 1.165) is 18.5 Å². The Labute approximate surface area is 129 Å². The molecule has 3 rings (SSSR count). The Bertz CT molecular complexity index is 478. The first-order chi connectivity index (χ1) is 10.2. The third-order valence-electron chi connectivity index (χ3n) is 5.28. The first-order valence-corrected chi connectivity index (χ1v) is 8.68. The van der Waals surface area contributed by atoms with Crippen molar-refractivity contribution in [1.29, 1.82) is 0 Å². The van der Waals surface area contributed by atoms with Crippen LogP contribution in [0.5, 0.6) is 0 Å². The first kappa shape index (κ1) is 15.1. The van der Waals surface area contributed by atoms with Crippen LogP contribution in [0.1, 0.15) is 54.8 Å². The van der Waals surface area contributed by atoms with Gasteiger partial charge in [0.25, 0.3) is 0 Å². The molecule has 1 N–H and O–H groups in total. The minimum atomic E-state index is 0.618. The van der Waals surface area contributed by atoms with E-state index in [1.165, 1.54) is 49.8 Å². The minimum absolute atomic E-state index is 0.618. The molecule has 1 saturated heterocycles. The molecule has 21 heavy (non-hydrogen) atoms. The quantitative estimate of drug-likeness (QED) is 0.905. The molecule has 2 unspecified atom stereocenters. The molecular formula is C19H30N2. The monoisotopic (exact) mass is 286 g/mol.